The maximum Gasteiger partial charge on any atom is 0.316 e. The molecule has 1 aliphatic carbocycles. The number of hydrogen-bond donors (Lipinski definition) is 0. The molecule has 1 heterocycles. The van der Waals surface area contributed by atoms with Crippen LogP contribution in [-0.2, 0) is 22.4 Å². The van der Waals surface area contributed by atoms with E-state index in [1.165, 1.54) is 0 Å². The minimum Gasteiger partial charge on any atom is -0.493 e. The van der Waals surface area contributed by atoms with Gasteiger partial charge >= 0.3 is 11.9 Å². The Balaban J connectivity index is 1.94. The number of rotatable bonds is 4. The molecule has 4 rings (SSSR count). The van der Waals surface area contributed by atoms with Crippen LogP contribution in [0.3, 0.4) is 0 Å². The van der Waals surface area contributed by atoms with Crippen LogP contribution in [-0.4, -0.2) is 44.0 Å². The van der Waals surface area contributed by atoms with E-state index in [2.05, 4.69) is 17.8 Å². The molecule has 7 heteroatoms. The Morgan fingerprint density at radius 2 is 1.42 bits per heavy atom. The molecular formula is C29H36NO6+. The molecule has 192 valence electrons. The van der Waals surface area contributed by atoms with Gasteiger partial charge in [-0.15, -0.1) is 0 Å². The molecule has 0 N–H and O–H groups in total. The third-order valence-corrected chi connectivity index (χ3v) is 6.70. The summed E-state index contributed by atoms with van der Waals surface area (Å²) in [6.07, 6.45) is 3.58. The first-order valence-corrected chi connectivity index (χ1v) is 12.2. The van der Waals surface area contributed by atoms with Crippen molar-refractivity contribution in [1.82, 2.24) is 0 Å². The van der Waals surface area contributed by atoms with E-state index < -0.39 is 10.8 Å². The lowest BCUT2D eigenvalue weighted by atomic mass is 9.77. The summed E-state index contributed by atoms with van der Waals surface area (Å²) in [5.74, 6) is 1.08. The van der Waals surface area contributed by atoms with Crippen molar-refractivity contribution in [2.24, 2.45) is 10.8 Å². The molecule has 2 aromatic rings. The van der Waals surface area contributed by atoms with Crippen molar-refractivity contribution < 1.29 is 33.1 Å². The summed E-state index contributed by atoms with van der Waals surface area (Å²) < 4.78 is 25.4. The number of benzene rings is 2. The van der Waals surface area contributed by atoms with Gasteiger partial charge in [-0.25, -0.2) is 4.58 Å². The van der Waals surface area contributed by atoms with Crippen LogP contribution in [0.15, 0.2) is 18.2 Å². The number of hydrogen-bond acceptors (Lipinski definition) is 6. The second-order valence-electron chi connectivity index (χ2n) is 11.6. The van der Waals surface area contributed by atoms with E-state index in [1.54, 1.807) is 14.2 Å². The minimum atomic E-state index is -0.667. The van der Waals surface area contributed by atoms with Crippen LogP contribution in [0.5, 0.6) is 23.0 Å². The van der Waals surface area contributed by atoms with Crippen LogP contribution < -0.4 is 18.9 Å². The van der Waals surface area contributed by atoms with E-state index in [0.29, 0.717) is 29.4 Å². The van der Waals surface area contributed by atoms with Crippen LogP contribution in [0.25, 0.3) is 11.1 Å². The van der Waals surface area contributed by atoms with Gasteiger partial charge in [0.05, 0.1) is 31.5 Å². The Morgan fingerprint density at radius 1 is 0.833 bits per heavy atom. The fourth-order valence-electron chi connectivity index (χ4n) is 4.58. The van der Waals surface area contributed by atoms with Gasteiger partial charge in [0.25, 0.3) is 0 Å². The predicted molar refractivity (Wildman–Crippen MR) is 138 cm³/mol. The van der Waals surface area contributed by atoms with E-state index in [4.69, 9.17) is 18.9 Å². The Labute approximate surface area is 213 Å². The highest BCUT2D eigenvalue weighted by atomic mass is 16.6. The molecule has 0 saturated carbocycles. The van der Waals surface area contributed by atoms with Gasteiger partial charge in [0.1, 0.15) is 13.3 Å². The Morgan fingerprint density at radius 3 is 1.97 bits per heavy atom. The predicted octanol–water partition coefficient (Wildman–Crippen LogP) is 5.14. The lowest BCUT2D eigenvalue weighted by Crippen LogP contribution is -2.30. The van der Waals surface area contributed by atoms with Crippen molar-refractivity contribution in [1.29, 1.82) is 0 Å². The lowest BCUT2D eigenvalue weighted by Gasteiger charge is -2.32. The quantitative estimate of drug-likeness (QED) is 0.333. The second-order valence-corrected chi connectivity index (χ2v) is 11.6. The largest absolute Gasteiger partial charge is 0.493 e. The lowest BCUT2D eigenvalue weighted by molar-refractivity contribution is -0.543. The molecule has 0 unspecified atom stereocenters. The Kier molecular flexibility index (Phi) is 6.40. The van der Waals surface area contributed by atoms with Crippen LogP contribution in [0, 0.1) is 10.8 Å². The highest BCUT2D eigenvalue weighted by molar-refractivity contribution is 5.88. The fourth-order valence-corrected chi connectivity index (χ4v) is 4.58. The summed E-state index contributed by atoms with van der Waals surface area (Å²) in [6.45, 7) is 10.9. The Hall–Kier alpha value is -3.35. The molecule has 1 aliphatic heterocycles. The van der Waals surface area contributed by atoms with Gasteiger partial charge in [-0.1, -0.05) is 0 Å². The topological polar surface area (TPSA) is 74.1 Å². The van der Waals surface area contributed by atoms with Crippen molar-refractivity contribution in [3.05, 3.63) is 34.9 Å². The smallest absolute Gasteiger partial charge is 0.316 e. The monoisotopic (exact) mass is 494 g/mol. The molecule has 1 atom stereocenters. The molecule has 0 radical (unpaired) electrons. The van der Waals surface area contributed by atoms with Gasteiger partial charge in [0.15, 0.2) is 29.0 Å². The molecule has 2 aliphatic rings. The van der Waals surface area contributed by atoms with Crippen molar-refractivity contribution in [2.45, 2.75) is 60.4 Å². The van der Waals surface area contributed by atoms with Gasteiger partial charge in [-0.05, 0) is 76.4 Å². The zero-order valence-electron chi connectivity index (χ0n) is 22.7. The summed E-state index contributed by atoms with van der Waals surface area (Å²) in [4.78, 5) is 25.5. The van der Waals surface area contributed by atoms with Gasteiger partial charge in [0.2, 0.25) is 0 Å². The first-order valence-electron chi connectivity index (χ1n) is 12.2. The van der Waals surface area contributed by atoms with E-state index in [9.17, 15) is 9.59 Å². The van der Waals surface area contributed by atoms with Crippen LogP contribution in [0.2, 0.25) is 0 Å². The number of nitrogens with zero attached hydrogens (tertiary/aromatic N) is 1. The first kappa shape index (κ1) is 25.7. The minimum absolute atomic E-state index is 0.0667. The summed E-state index contributed by atoms with van der Waals surface area (Å²) in [5, 5.41) is 0. The third kappa shape index (κ3) is 4.47. The highest BCUT2D eigenvalue weighted by Gasteiger charge is 2.40. The number of likely N-dealkylation sites (N-methyl/N-ethyl adjacent to an activating group) is 1. The van der Waals surface area contributed by atoms with Crippen molar-refractivity contribution in [2.75, 3.05) is 21.3 Å². The summed E-state index contributed by atoms with van der Waals surface area (Å²) in [6, 6.07) is 5.77. The second kappa shape index (κ2) is 8.95. The number of methoxy groups -OCH3 is 2. The van der Waals surface area contributed by atoms with Gasteiger partial charge in [-0.3, -0.25) is 9.59 Å². The summed E-state index contributed by atoms with van der Waals surface area (Å²) in [5.41, 5.74) is 3.71. The van der Waals surface area contributed by atoms with E-state index in [-0.39, 0.29) is 18.0 Å². The molecule has 2 aromatic carbocycles. The molecule has 0 amide bonds. The zero-order valence-corrected chi connectivity index (χ0v) is 22.7. The average Bonchev–Trinajstić information content (AvgIpc) is 2.79. The van der Waals surface area contributed by atoms with Crippen LogP contribution in [0.1, 0.15) is 64.3 Å². The van der Waals surface area contributed by atoms with Gasteiger partial charge in [0, 0.05) is 17.5 Å². The fraction of sp³-hybridized carbons (Fsp3) is 0.483. The number of carbonyl (C=O) groups excluding carboxylic acids is 2. The van der Waals surface area contributed by atoms with E-state index in [1.807, 2.05) is 59.7 Å². The number of carbonyl (C=O) groups is 2. The summed E-state index contributed by atoms with van der Waals surface area (Å²) >= 11 is 0. The van der Waals surface area contributed by atoms with Crippen molar-refractivity contribution in [3.63, 3.8) is 0 Å². The standard InChI is InChI=1S/C29H36NO6/c1-28(2,3)26(31)35-21-14-17-12-19-23-16(10-11-30(19)7)13-22(36-27(32)29(4,5)6)25(34-9)24(23)18(17)15-20(21)33-8/h11,13-15,19H,10,12H2,1-9H3/q+1/t19-/m0/s1. The molecule has 0 bridgehead atoms. The molecule has 0 spiro atoms. The molecular weight excluding hydrogens is 458 g/mol. The third-order valence-electron chi connectivity index (χ3n) is 6.70. The summed E-state index contributed by atoms with van der Waals surface area (Å²) in [7, 11) is 5.20. The average molecular weight is 495 g/mol. The molecule has 36 heavy (non-hydrogen) atoms. The van der Waals surface area contributed by atoms with E-state index in [0.717, 1.165) is 34.2 Å². The zero-order chi connectivity index (χ0) is 26.6. The highest BCUT2D eigenvalue weighted by Crippen LogP contribution is 2.53. The normalized spacial score (nSPS) is 16.4. The molecule has 0 saturated heterocycles. The maximum absolute atomic E-state index is 12.8. The molecule has 0 fully saturated rings. The number of esters is 2. The molecule has 7 nitrogen and oxygen atoms in total. The molecule has 0 aromatic heterocycles. The SMILES string of the molecule is COc1cc2c(cc1OC(=O)C(C)(C)C)C[C@H]1c3c(cc(OC(=O)C(C)(C)C)c(OC)c3-2)CC=[N+]1C. The van der Waals surface area contributed by atoms with Crippen LogP contribution in [0.4, 0.5) is 0 Å². The van der Waals surface area contributed by atoms with E-state index >= 15 is 0 Å². The van der Waals surface area contributed by atoms with Crippen molar-refractivity contribution in [3.8, 4) is 34.1 Å². The maximum atomic E-state index is 12.8. The van der Waals surface area contributed by atoms with Gasteiger partial charge in [-0.2, -0.15) is 0 Å². The first-order chi connectivity index (χ1) is 16.8. The number of fused-ring (bicyclic) bond motifs is 2. The van der Waals surface area contributed by atoms with Crippen LogP contribution >= 0.6 is 0 Å². The van der Waals surface area contributed by atoms with Crippen molar-refractivity contribution >= 4 is 18.2 Å². The Bertz CT molecular complexity index is 1280. The van der Waals surface area contributed by atoms with Gasteiger partial charge < -0.3 is 18.9 Å². The number of ether oxygens (including phenoxy) is 4.